The monoisotopic (exact) mass is 417 g/mol. The first kappa shape index (κ1) is 22.4. The molecule has 0 fully saturated rings. The molecule has 29 heavy (non-hydrogen) atoms. The van der Waals surface area contributed by atoms with E-state index in [1.807, 2.05) is 26.1 Å². The summed E-state index contributed by atoms with van der Waals surface area (Å²) in [4.78, 5) is 36.7. The molecular formula is C21H26ClN4O3+. The van der Waals surface area contributed by atoms with Crippen molar-refractivity contribution in [1.82, 2.24) is 10.6 Å². The zero-order chi connectivity index (χ0) is 21.4. The smallest absolute Gasteiger partial charge is 0.275 e. The van der Waals surface area contributed by atoms with Crippen LogP contribution in [-0.2, 0) is 16.1 Å². The lowest BCUT2D eigenvalue weighted by atomic mass is 10.1. The largest absolute Gasteiger partial charge is 0.355 e. The molecule has 0 aliphatic rings. The van der Waals surface area contributed by atoms with Crippen molar-refractivity contribution in [3.8, 4) is 0 Å². The molecule has 0 aromatic heterocycles. The molecule has 0 bridgehead atoms. The number of rotatable bonds is 8. The molecular weight excluding hydrogens is 392 g/mol. The van der Waals surface area contributed by atoms with E-state index in [1.165, 1.54) is 0 Å². The summed E-state index contributed by atoms with van der Waals surface area (Å²) in [5.41, 5.74) is 3.00. The third-order valence-corrected chi connectivity index (χ3v) is 4.81. The van der Waals surface area contributed by atoms with E-state index in [9.17, 15) is 14.4 Å². The summed E-state index contributed by atoms with van der Waals surface area (Å²) in [5.74, 6) is -0.670. The summed E-state index contributed by atoms with van der Waals surface area (Å²) in [7, 11) is 3.48. The zero-order valence-electron chi connectivity index (χ0n) is 16.8. The summed E-state index contributed by atoms with van der Waals surface area (Å²) in [6.45, 7) is 2.55. The summed E-state index contributed by atoms with van der Waals surface area (Å²) in [6, 6.07) is 12.5. The molecule has 3 amide bonds. The van der Waals surface area contributed by atoms with Gasteiger partial charge in [-0.05, 0) is 36.8 Å². The van der Waals surface area contributed by atoms with Crippen LogP contribution >= 0.6 is 11.6 Å². The molecule has 0 heterocycles. The fraction of sp³-hybridized carbons (Fsp3) is 0.286. The van der Waals surface area contributed by atoms with Crippen LogP contribution in [0.3, 0.4) is 0 Å². The number of carbonyl (C=O) groups excluding carboxylic acids is 3. The van der Waals surface area contributed by atoms with Crippen molar-refractivity contribution in [3.05, 3.63) is 64.2 Å². The Labute approximate surface area is 175 Å². The average molecular weight is 418 g/mol. The molecule has 8 heteroatoms. The summed E-state index contributed by atoms with van der Waals surface area (Å²) in [6.07, 6.45) is 0. The Balaban J connectivity index is 1.77. The van der Waals surface area contributed by atoms with Crippen LogP contribution < -0.4 is 20.9 Å². The van der Waals surface area contributed by atoms with Gasteiger partial charge in [-0.2, -0.15) is 0 Å². The van der Waals surface area contributed by atoms with Gasteiger partial charge in [0, 0.05) is 28.9 Å². The maximum absolute atomic E-state index is 12.1. The Morgan fingerprint density at radius 1 is 1.03 bits per heavy atom. The fourth-order valence-electron chi connectivity index (χ4n) is 2.78. The Morgan fingerprint density at radius 3 is 2.38 bits per heavy atom. The Kier molecular flexibility index (Phi) is 8.18. The maximum atomic E-state index is 12.1. The van der Waals surface area contributed by atoms with E-state index in [2.05, 4.69) is 16.0 Å². The quantitative estimate of drug-likeness (QED) is 0.511. The van der Waals surface area contributed by atoms with Crippen LogP contribution in [0.5, 0.6) is 0 Å². The highest BCUT2D eigenvalue weighted by atomic mass is 35.5. The van der Waals surface area contributed by atoms with Crippen LogP contribution in [0.1, 0.15) is 21.5 Å². The van der Waals surface area contributed by atoms with E-state index in [0.29, 0.717) is 22.8 Å². The first-order chi connectivity index (χ1) is 13.8. The number of quaternary nitrogens is 1. The molecule has 0 aliphatic heterocycles. The van der Waals surface area contributed by atoms with Gasteiger partial charge in [0.25, 0.3) is 11.8 Å². The number of nitrogens with one attached hydrogen (secondary N) is 4. The van der Waals surface area contributed by atoms with Crippen molar-refractivity contribution in [1.29, 1.82) is 0 Å². The van der Waals surface area contributed by atoms with Crippen molar-refractivity contribution in [2.75, 3.05) is 32.5 Å². The number of benzene rings is 2. The molecule has 0 aliphatic carbocycles. The van der Waals surface area contributed by atoms with Crippen molar-refractivity contribution in [2.24, 2.45) is 0 Å². The van der Waals surface area contributed by atoms with E-state index in [4.69, 9.17) is 11.6 Å². The van der Waals surface area contributed by atoms with Gasteiger partial charge in [0.1, 0.15) is 6.54 Å². The minimum atomic E-state index is -0.314. The summed E-state index contributed by atoms with van der Waals surface area (Å²) < 4.78 is 0. The van der Waals surface area contributed by atoms with Gasteiger partial charge in [0.2, 0.25) is 5.91 Å². The normalized spacial score (nSPS) is 11.4. The molecule has 2 aromatic rings. The predicted molar refractivity (Wildman–Crippen MR) is 113 cm³/mol. The van der Waals surface area contributed by atoms with Gasteiger partial charge in [-0.3, -0.25) is 14.4 Å². The molecule has 2 rings (SSSR count). The van der Waals surface area contributed by atoms with Crippen molar-refractivity contribution in [2.45, 2.75) is 13.5 Å². The van der Waals surface area contributed by atoms with E-state index in [-0.39, 0.29) is 30.8 Å². The molecule has 0 saturated carbocycles. The first-order valence-corrected chi connectivity index (χ1v) is 9.62. The molecule has 154 valence electrons. The number of anilines is 1. The van der Waals surface area contributed by atoms with E-state index >= 15 is 0 Å². The third-order valence-electron chi connectivity index (χ3n) is 4.40. The highest BCUT2D eigenvalue weighted by molar-refractivity contribution is 6.31. The lowest BCUT2D eigenvalue weighted by molar-refractivity contribution is -0.885. The molecule has 0 radical (unpaired) electrons. The number of amides is 3. The number of carbonyl (C=O) groups is 3. The number of likely N-dealkylation sites (N-methyl/N-ethyl adjacent to an activating group) is 1. The van der Waals surface area contributed by atoms with E-state index in [1.54, 1.807) is 37.4 Å². The van der Waals surface area contributed by atoms with Crippen LogP contribution in [0.4, 0.5) is 5.69 Å². The second-order valence-electron chi connectivity index (χ2n) is 6.82. The number of hydrogen-bond donors (Lipinski definition) is 4. The van der Waals surface area contributed by atoms with Gasteiger partial charge >= 0.3 is 0 Å². The van der Waals surface area contributed by atoms with Gasteiger partial charge in [-0.1, -0.05) is 29.8 Å². The van der Waals surface area contributed by atoms with Gasteiger partial charge < -0.3 is 20.9 Å². The van der Waals surface area contributed by atoms with Crippen LogP contribution in [0.2, 0.25) is 5.02 Å². The Morgan fingerprint density at radius 2 is 1.72 bits per heavy atom. The Bertz CT molecular complexity index is 884. The summed E-state index contributed by atoms with van der Waals surface area (Å²) in [5, 5.41) is 8.51. The average Bonchev–Trinajstić information content (AvgIpc) is 2.70. The maximum Gasteiger partial charge on any atom is 0.275 e. The second-order valence-corrected chi connectivity index (χ2v) is 7.23. The Hall–Kier alpha value is -2.90. The van der Waals surface area contributed by atoms with E-state index in [0.717, 1.165) is 16.0 Å². The minimum Gasteiger partial charge on any atom is -0.355 e. The highest BCUT2D eigenvalue weighted by Gasteiger charge is 2.13. The van der Waals surface area contributed by atoms with Crippen LogP contribution in [0, 0.1) is 6.92 Å². The molecule has 0 saturated heterocycles. The molecule has 1 atom stereocenters. The van der Waals surface area contributed by atoms with Gasteiger partial charge in [0.15, 0.2) is 6.54 Å². The van der Waals surface area contributed by atoms with Crippen LogP contribution in [0.25, 0.3) is 0 Å². The van der Waals surface area contributed by atoms with Crippen LogP contribution in [0.15, 0.2) is 42.5 Å². The van der Waals surface area contributed by atoms with Gasteiger partial charge in [-0.25, -0.2) is 0 Å². The number of halogens is 1. The van der Waals surface area contributed by atoms with Crippen LogP contribution in [-0.4, -0.2) is 44.9 Å². The molecule has 7 nitrogen and oxygen atoms in total. The first-order valence-electron chi connectivity index (χ1n) is 9.24. The third kappa shape index (κ3) is 6.89. The molecule has 0 spiro atoms. The second kappa shape index (κ2) is 10.6. The zero-order valence-corrected chi connectivity index (χ0v) is 17.5. The standard InChI is InChI=1S/C21H25ClN4O3/c1-14-17(22)5-4-6-18(14)25-19(27)11-24-20(28)13-26(3)12-15-7-9-16(10-8-15)21(29)23-2/h4-10H,11-13H2,1-3H3,(H,23,29)(H,24,28)(H,25,27)/p+1. The van der Waals surface area contributed by atoms with Crippen molar-refractivity contribution >= 4 is 35.0 Å². The topological polar surface area (TPSA) is 91.7 Å². The molecule has 1 unspecified atom stereocenters. The highest BCUT2D eigenvalue weighted by Crippen LogP contribution is 2.22. The lowest BCUT2D eigenvalue weighted by Gasteiger charge is -2.14. The van der Waals surface area contributed by atoms with Gasteiger partial charge in [0.05, 0.1) is 13.6 Å². The minimum absolute atomic E-state index is 0.112. The molecule has 4 N–H and O–H groups in total. The van der Waals surface area contributed by atoms with Gasteiger partial charge in [-0.15, -0.1) is 0 Å². The predicted octanol–water partition coefficient (Wildman–Crippen LogP) is 0.778. The van der Waals surface area contributed by atoms with Crippen molar-refractivity contribution < 1.29 is 19.3 Å². The van der Waals surface area contributed by atoms with Crippen molar-refractivity contribution in [3.63, 3.8) is 0 Å². The van der Waals surface area contributed by atoms with E-state index < -0.39 is 0 Å². The lowest BCUT2D eigenvalue weighted by Crippen LogP contribution is -3.08. The molecule has 2 aromatic carbocycles. The number of hydrogen-bond acceptors (Lipinski definition) is 3. The summed E-state index contributed by atoms with van der Waals surface area (Å²) >= 11 is 6.04. The SMILES string of the molecule is CNC(=O)c1ccc(C[NH+](C)CC(=O)NCC(=O)Nc2cccc(Cl)c2C)cc1. The fourth-order valence-corrected chi connectivity index (χ4v) is 2.96.